The van der Waals surface area contributed by atoms with Crippen LogP contribution in [0.3, 0.4) is 0 Å². The Labute approximate surface area is 154 Å². The molecule has 0 amide bonds. The van der Waals surface area contributed by atoms with Crippen LogP contribution in [0.2, 0.25) is 0 Å². The van der Waals surface area contributed by atoms with E-state index in [4.69, 9.17) is 9.97 Å². The number of nitrogens with zero attached hydrogens (tertiary/aromatic N) is 3. The second kappa shape index (κ2) is 5.11. The Hall–Kier alpha value is -3.79. The molecule has 3 aromatic carbocycles. The third-order valence-electron chi connectivity index (χ3n) is 5.15. The standard InChI is InChI=1S/C23H13N3O/c27-22-16-11-5-4-10-15(16)20-19(22)21(14-8-2-1-3-9-14)26-18-13-7-6-12-17(18)24-23(26)25-20/h1-13H. The maximum atomic E-state index is 13.3. The predicted molar refractivity (Wildman–Crippen MR) is 105 cm³/mol. The molecule has 0 atom stereocenters. The van der Waals surface area contributed by atoms with Gasteiger partial charge in [0, 0.05) is 11.1 Å². The Balaban J connectivity index is 1.86. The molecule has 0 bridgehead atoms. The Morgan fingerprint density at radius 3 is 2.26 bits per heavy atom. The first-order valence-electron chi connectivity index (χ1n) is 8.83. The van der Waals surface area contributed by atoms with Crippen LogP contribution in [-0.2, 0) is 0 Å². The van der Waals surface area contributed by atoms with Crippen molar-refractivity contribution in [1.29, 1.82) is 0 Å². The van der Waals surface area contributed by atoms with E-state index in [9.17, 15) is 4.79 Å². The molecule has 0 N–H and O–H groups in total. The Kier molecular flexibility index (Phi) is 2.72. The molecule has 0 radical (unpaired) electrons. The fraction of sp³-hybridized carbons (Fsp3) is 0. The van der Waals surface area contributed by atoms with Gasteiger partial charge in [0.25, 0.3) is 0 Å². The minimum atomic E-state index is 0.0200. The summed E-state index contributed by atoms with van der Waals surface area (Å²) in [5.74, 6) is 0.630. The van der Waals surface area contributed by atoms with E-state index >= 15 is 0 Å². The average molecular weight is 347 g/mol. The summed E-state index contributed by atoms with van der Waals surface area (Å²) < 4.78 is 2.01. The smallest absolute Gasteiger partial charge is 0.235 e. The molecule has 4 heteroatoms. The summed E-state index contributed by atoms with van der Waals surface area (Å²) in [4.78, 5) is 22.8. The van der Waals surface area contributed by atoms with Crippen molar-refractivity contribution in [3.63, 3.8) is 0 Å². The van der Waals surface area contributed by atoms with Gasteiger partial charge >= 0.3 is 0 Å². The monoisotopic (exact) mass is 347 g/mol. The van der Waals surface area contributed by atoms with E-state index in [0.29, 0.717) is 16.9 Å². The van der Waals surface area contributed by atoms with E-state index < -0.39 is 0 Å². The van der Waals surface area contributed by atoms with Crippen molar-refractivity contribution in [1.82, 2.24) is 14.4 Å². The summed E-state index contributed by atoms with van der Waals surface area (Å²) in [5.41, 5.74) is 6.60. The third kappa shape index (κ3) is 1.84. The number of para-hydroxylation sites is 2. The molecule has 1 aliphatic rings. The molecule has 4 nitrogen and oxygen atoms in total. The topological polar surface area (TPSA) is 47.3 Å². The van der Waals surface area contributed by atoms with Crippen molar-refractivity contribution in [2.24, 2.45) is 0 Å². The molecule has 0 unspecified atom stereocenters. The molecule has 5 aromatic rings. The van der Waals surface area contributed by atoms with Crippen molar-refractivity contribution >= 4 is 22.6 Å². The lowest BCUT2D eigenvalue weighted by Crippen LogP contribution is -2.05. The maximum Gasteiger partial charge on any atom is 0.235 e. The molecular formula is C23H13N3O. The molecular weight excluding hydrogens is 334 g/mol. The first kappa shape index (κ1) is 14.4. The fourth-order valence-corrected chi connectivity index (χ4v) is 3.99. The van der Waals surface area contributed by atoms with E-state index in [-0.39, 0.29) is 5.78 Å². The molecule has 0 fully saturated rings. The first-order chi connectivity index (χ1) is 13.3. The quantitative estimate of drug-likeness (QED) is 0.431. The number of hydrogen-bond acceptors (Lipinski definition) is 3. The van der Waals surface area contributed by atoms with Crippen LogP contribution in [0.15, 0.2) is 78.9 Å². The number of benzene rings is 3. The summed E-state index contributed by atoms with van der Waals surface area (Å²) in [6.07, 6.45) is 0. The number of hydrogen-bond donors (Lipinski definition) is 0. The second-order valence-corrected chi connectivity index (χ2v) is 6.66. The van der Waals surface area contributed by atoms with Crippen LogP contribution in [0.25, 0.3) is 39.3 Å². The number of carbonyl (C=O) groups excluding carboxylic acids is 1. The van der Waals surface area contributed by atoms with Gasteiger partial charge in [-0.3, -0.25) is 9.20 Å². The highest BCUT2D eigenvalue weighted by atomic mass is 16.1. The molecule has 2 aromatic heterocycles. The maximum absolute atomic E-state index is 13.3. The van der Waals surface area contributed by atoms with Crippen molar-refractivity contribution in [3.8, 4) is 22.5 Å². The number of aromatic nitrogens is 3. The van der Waals surface area contributed by atoms with Gasteiger partial charge in [-0.15, -0.1) is 0 Å². The molecule has 27 heavy (non-hydrogen) atoms. The summed E-state index contributed by atoms with van der Waals surface area (Å²) in [6.45, 7) is 0. The van der Waals surface area contributed by atoms with E-state index in [1.54, 1.807) is 0 Å². The van der Waals surface area contributed by atoms with Crippen molar-refractivity contribution in [3.05, 3.63) is 90.0 Å². The van der Waals surface area contributed by atoms with Crippen molar-refractivity contribution in [2.45, 2.75) is 0 Å². The van der Waals surface area contributed by atoms with Crippen molar-refractivity contribution < 1.29 is 4.79 Å². The molecule has 1 aliphatic carbocycles. The van der Waals surface area contributed by atoms with E-state index in [0.717, 1.165) is 33.5 Å². The summed E-state index contributed by atoms with van der Waals surface area (Å²) in [5, 5.41) is 0. The minimum absolute atomic E-state index is 0.0200. The van der Waals surface area contributed by atoms with Gasteiger partial charge in [-0.25, -0.2) is 9.97 Å². The SMILES string of the molecule is O=C1c2ccccc2-c2nc3nc4ccccc4n3c(-c3ccccc3)c21. The lowest BCUT2D eigenvalue weighted by molar-refractivity contribution is 0.104. The Morgan fingerprint density at radius 2 is 1.41 bits per heavy atom. The number of fused-ring (bicyclic) bond motifs is 6. The van der Waals surface area contributed by atoms with Gasteiger partial charge in [-0.05, 0) is 17.7 Å². The van der Waals surface area contributed by atoms with Gasteiger partial charge in [0.1, 0.15) is 0 Å². The molecule has 126 valence electrons. The van der Waals surface area contributed by atoms with Crippen LogP contribution in [0, 0.1) is 0 Å². The summed E-state index contributed by atoms with van der Waals surface area (Å²) in [6, 6.07) is 25.6. The normalized spacial score (nSPS) is 12.5. The van der Waals surface area contributed by atoms with Gasteiger partial charge < -0.3 is 0 Å². The largest absolute Gasteiger partial charge is 0.288 e. The molecule has 0 saturated heterocycles. The second-order valence-electron chi connectivity index (χ2n) is 6.66. The van der Waals surface area contributed by atoms with E-state index in [1.165, 1.54) is 0 Å². The number of imidazole rings is 1. The highest BCUT2D eigenvalue weighted by molar-refractivity contribution is 6.24. The minimum Gasteiger partial charge on any atom is -0.288 e. The zero-order chi connectivity index (χ0) is 18.0. The van der Waals surface area contributed by atoms with Gasteiger partial charge in [0.2, 0.25) is 5.78 Å². The van der Waals surface area contributed by atoms with Crippen molar-refractivity contribution in [2.75, 3.05) is 0 Å². The van der Waals surface area contributed by atoms with Crippen LogP contribution in [0.5, 0.6) is 0 Å². The Bertz CT molecular complexity index is 1380. The van der Waals surface area contributed by atoms with Crippen LogP contribution in [-0.4, -0.2) is 20.2 Å². The van der Waals surface area contributed by atoms with E-state index in [1.807, 2.05) is 83.3 Å². The number of ketones is 1. The Morgan fingerprint density at radius 1 is 0.704 bits per heavy atom. The molecule has 6 rings (SSSR count). The lowest BCUT2D eigenvalue weighted by atomic mass is 10.0. The molecule has 0 aliphatic heterocycles. The fourth-order valence-electron chi connectivity index (χ4n) is 3.99. The predicted octanol–water partition coefficient (Wildman–Crippen LogP) is 4.76. The number of rotatable bonds is 1. The first-order valence-corrected chi connectivity index (χ1v) is 8.83. The lowest BCUT2D eigenvalue weighted by Gasteiger charge is -2.11. The van der Waals surface area contributed by atoms with E-state index in [2.05, 4.69) is 0 Å². The summed E-state index contributed by atoms with van der Waals surface area (Å²) >= 11 is 0. The van der Waals surface area contributed by atoms with Gasteiger partial charge in [0.15, 0.2) is 5.78 Å². The zero-order valence-electron chi connectivity index (χ0n) is 14.3. The zero-order valence-corrected chi connectivity index (χ0v) is 14.3. The molecule has 0 saturated carbocycles. The third-order valence-corrected chi connectivity index (χ3v) is 5.15. The molecule has 0 spiro atoms. The highest BCUT2D eigenvalue weighted by Crippen LogP contribution is 2.41. The van der Waals surface area contributed by atoms with Crippen LogP contribution in [0.4, 0.5) is 0 Å². The van der Waals surface area contributed by atoms with Crippen LogP contribution >= 0.6 is 0 Å². The van der Waals surface area contributed by atoms with Crippen LogP contribution in [0.1, 0.15) is 15.9 Å². The molecule has 2 heterocycles. The van der Waals surface area contributed by atoms with Gasteiger partial charge in [-0.2, -0.15) is 0 Å². The highest BCUT2D eigenvalue weighted by Gasteiger charge is 2.33. The van der Waals surface area contributed by atoms with Crippen LogP contribution < -0.4 is 0 Å². The van der Waals surface area contributed by atoms with Gasteiger partial charge in [-0.1, -0.05) is 66.7 Å². The average Bonchev–Trinajstić information content (AvgIpc) is 3.23. The number of carbonyl (C=O) groups is 1. The van der Waals surface area contributed by atoms with Gasteiger partial charge in [0.05, 0.1) is 28.0 Å². The summed E-state index contributed by atoms with van der Waals surface area (Å²) in [7, 11) is 0.